The molecular formula is C13H18N2O3S. The highest BCUT2D eigenvalue weighted by molar-refractivity contribution is 8.13. The van der Waals surface area contributed by atoms with E-state index in [1.54, 1.807) is 11.8 Å². The molecule has 1 aromatic heterocycles. The van der Waals surface area contributed by atoms with E-state index in [1.807, 2.05) is 6.07 Å². The Morgan fingerprint density at radius 2 is 2.42 bits per heavy atom. The van der Waals surface area contributed by atoms with Crippen LogP contribution in [0.2, 0.25) is 0 Å². The standard InChI is InChI=1S/C13H18N2O3S/c1-3-4-11-6-13(18-14-11)15-7-10(5-12(15)17)8-19-9(2)16/h6,10H,3-5,7-8H2,1-2H3. The van der Waals surface area contributed by atoms with Gasteiger partial charge in [0, 0.05) is 31.7 Å². The normalized spacial score (nSPS) is 19.2. The summed E-state index contributed by atoms with van der Waals surface area (Å²) in [6, 6.07) is 1.84. The smallest absolute Gasteiger partial charge is 0.234 e. The first kappa shape index (κ1) is 14.1. The summed E-state index contributed by atoms with van der Waals surface area (Å²) in [5, 5.41) is 4.05. The number of thioether (sulfide) groups is 1. The molecule has 0 saturated carbocycles. The molecule has 1 amide bonds. The number of aryl methyl sites for hydroxylation is 1. The molecule has 1 aliphatic heterocycles. The summed E-state index contributed by atoms with van der Waals surface area (Å²) in [7, 11) is 0. The number of carbonyl (C=O) groups excluding carboxylic acids is 2. The fourth-order valence-electron chi connectivity index (χ4n) is 2.14. The van der Waals surface area contributed by atoms with E-state index in [2.05, 4.69) is 12.1 Å². The van der Waals surface area contributed by atoms with E-state index in [0.29, 0.717) is 24.6 Å². The monoisotopic (exact) mass is 282 g/mol. The summed E-state index contributed by atoms with van der Waals surface area (Å²) in [5.74, 6) is 1.48. The second-order valence-electron chi connectivity index (χ2n) is 4.78. The van der Waals surface area contributed by atoms with Crippen LogP contribution in [0.1, 0.15) is 32.4 Å². The van der Waals surface area contributed by atoms with E-state index in [1.165, 1.54) is 11.8 Å². The highest BCUT2D eigenvalue weighted by atomic mass is 32.2. The van der Waals surface area contributed by atoms with Crippen LogP contribution in [-0.4, -0.2) is 28.5 Å². The third-order valence-electron chi connectivity index (χ3n) is 3.05. The van der Waals surface area contributed by atoms with E-state index < -0.39 is 0 Å². The molecule has 2 heterocycles. The van der Waals surface area contributed by atoms with Crippen LogP contribution in [0.15, 0.2) is 10.6 Å². The van der Waals surface area contributed by atoms with Gasteiger partial charge in [-0.15, -0.1) is 0 Å². The van der Waals surface area contributed by atoms with Gasteiger partial charge in [0.05, 0.1) is 5.69 Å². The molecule has 0 spiro atoms. The Bertz CT molecular complexity index is 472. The summed E-state index contributed by atoms with van der Waals surface area (Å²) in [4.78, 5) is 24.5. The molecule has 1 aliphatic rings. The number of hydrogen-bond acceptors (Lipinski definition) is 5. The van der Waals surface area contributed by atoms with Crippen molar-refractivity contribution in [3.63, 3.8) is 0 Å². The number of rotatable bonds is 5. The van der Waals surface area contributed by atoms with Crippen LogP contribution in [0.25, 0.3) is 0 Å². The molecule has 1 atom stereocenters. The lowest BCUT2D eigenvalue weighted by Crippen LogP contribution is -2.24. The minimum absolute atomic E-state index is 0.0494. The Labute approximate surface area is 116 Å². The second-order valence-corrected chi connectivity index (χ2v) is 5.98. The Morgan fingerprint density at radius 1 is 1.63 bits per heavy atom. The first-order valence-electron chi connectivity index (χ1n) is 6.49. The molecule has 1 aromatic rings. The van der Waals surface area contributed by atoms with Gasteiger partial charge in [-0.1, -0.05) is 30.3 Å². The molecule has 5 nitrogen and oxygen atoms in total. The molecule has 0 bridgehead atoms. The van der Waals surface area contributed by atoms with Crippen molar-refractivity contribution in [2.24, 2.45) is 5.92 Å². The van der Waals surface area contributed by atoms with Crippen molar-refractivity contribution >= 4 is 28.7 Å². The lowest BCUT2D eigenvalue weighted by atomic mass is 10.1. The van der Waals surface area contributed by atoms with E-state index >= 15 is 0 Å². The van der Waals surface area contributed by atoms with Crippen molar-refractivity contribution in [2.45, 2.75) is 33.1 Å². The average Bonchev–Trinajstić information content (AvgIpc) is 2.94. The molecule has 1 saturated heterocycles. The molecule has 104 valence electrons. The highest BCUT2D eigenvalue weighted by Crippen LogP contribution is 2.28. The van der Waals surface area contributed by atoms with E-state index in [9.17, 15) is 9.59 Å². The lowest BCUT2D eigenvalue weighted by Gasteiger charge is -2.11. The van der Waals surface area contributed by atoms with Crippen molar-refractivity contribution < 1.29 is 14.1 Å². The maximum atomic E-state index is 11.9. The number of anilines is 1. The topological polar surface area (TPSA) is 63.4 Å². The van der Waals surface area contributed by atoms with Gasteiger partial charge in [-0.25, -0.2) is 0 Å². The molecular weight excluding hydrogens is 264 g/mol. The van der Waals surface area contributed by atoms with E-state index in [4.69, 9.17) is 4.52 Å². The Morgan fingerprint density at radius 3 is 3.11 bits per heavy atom. The van der Waals surface area contributed by atoms with Crippen LogP contribution in [-0.2, 0) is 16.0 Å². The van der Waals surface area contributed by atoms with Crippen LogP contribution in [0.3, 0.4) is 0 Å². The molecule has 0 N–H and O–H groups in total. The highest BCUT2D eigenvalue weighted by Gasteiger charge is 2.32. The lowest BCUT2D eigenvalue weighted by molar-refractivity contribution is -0.117. The molecule has 6 heteroatoms. The van der Waals surface area contributed by atoms with Gasteiger partial charge in [0.15, 0.2) is 5.12 Å². The number of amides is 1. The zero-order valence-electron chi connectivity index (χ0n) is 11.2. The Hall–Kier alpha value is -1.30. The van der Waals surface area contributed by atoms with Gasteiger partial charge in [0.1, 0.15) is 0 Å². The number of nitrogens with zero attached hydrogens (tertiary/aromatic N) is 2. The van der Waals surface area contributed by atoms with Crippen LogP contribution >= 0.6 is 11.8 Å². The molecule has 0 radical (unpaired) electrons. The molecule has 0 aliphatic carbocycles. The zero-order chi connectivity index (χ0) is 13.8. The maximum absolute atomic E-state index is 11.9. The predicted octanol–water partition coefficient (Wildman–Crippen LogP) is 2.26. The van der Waals surface area contributed by atoms with Crippen LogP contribution < -0.4 is 4.90 Å². The summed E-state index contributed by atoms with van der Waals surface area (Å²) >= 11 is 1.28. The van der Waals surface area contributed by atoms with Crippen LogP contribution in [0.5, 0.6) is 0 Å². The first-order chi connectivity index (χ1) is 9.10. The number of carbonyl (C=O) groups is 2. The van der Waals surface area contributed by atoms with Gasteiger partial charge in [-0.2, -0.15) is 0 Å². The molecule has 19 heavy (non-hydrogen) atoms. The zero-order valence-corrected chi connectivity index (χ0v) is 12.0. The molecule has 0 aromatic carbocycles. The molecule has 1 fully saturated rings. The first-order valence-corrected chi connectivity index (χ1v) is 7.48. The quantitative estimate of drug-likeness (QED) is 0.829. The summed E-state index contributed by atoms with van der Waals surface area (Å²) in [6.45, 7) is 4.23. The van der Waals surface area contributed by atoms with Crippen LogP contribution in [0, 0.1) is 5.92 Å². The van der Waals surface area contributed by atoms with Gasteiger partial charge in [0.2, 0.25) is 11.8 Å². The fourth-order valence-corrected chi connectivity index (χ4v) is 2.84. The van der Waals surface area contributed by atoms with Gasteiger partial charge < -0.3 is 4.52 Å². The SMILES string of the molecule is CCCc1cc(N2CC(CSC(C)=O)CC2=O)on1. The fraction of sp³-hybridized carbons (Fsp3) is 0.615. The van der Waals surface area contributed by atoms with Crippen molar-refractivity contribution in [3.05, 3.63) is 11.8 Å². The van der Waals surface area contributed by atoms with Gasteiger partial charge in [-0.3, -0.25) is 14.5 Å². The minimum Gasteiger partial charge on any atom is -0.338 e. The average molecular weight is 282 g/mol. The third kappa shape index (κ3) is 3.59. The number of aromatic nitrogens is 1. The van der Waals surface area contributed by atoms with Gasteiger partial charge in [-0.05, 0) is 12.3 Å². The Balaban J connectivity index is 1.96. The van der Waals surface area contributed by atoms with Crippen molar-refractivity contribution in [1.29, 1.82) is 0 Å². The summed E-state index contributed by atoms with van der Waals surface area (Å²) < 4.78 is 5.23. The van der Waals surface area contributed by atoms with E-state index in [-0.39, 0.29) is 16.9 Å². The number of hydrogen-bond donors (Lipinski definition) is 0. The summed E-state index contributed by atoms with van der Waals surface area (Å²) in [6.07, 6.45) is 2.33. The largest absolute Gasteiger partial charge is 0.338 e. The maximum Gasteiger partial charge on any atom is 0.234 e. The Kier molecular flexibility index (Phi) is 4.63. The third-order valence-corrected chi connectivity index (χ3v) is 4.09. The van der Waals surface area contributed by atoms with Gasteiger partial charge in [0.25, 0.3) is 0 Å². The predicted molar refractivity (Wildman–Crippen MR) is 74.1 cm³/mol. The molecule has 1 unspecified atom stereocenters. The van der Waals surface area contributed by atoms with Crippen molar-refractivity contribution in [2.75, 3.05) is 17.2 Å². The van der Waals surface area contributed by atoms with Gasteiger partial charge >= 0.3 is 0 Å². The van der Waals surface area contributed by atoms with Crippen LogP contribution in [0.4, 0.5) is 5.88 Å². The van der Waals surface area contributed by atoms with Crippen molar-refractivity contribution in [1.82, 2.24) is 5.16 Å². The summed E-state index contributed by atoms with van der Waals surface area (Å²) in [5.41, 5.74) is 0.881. The van der Waals surface area contributed by atoms with Crippen molar-refractivity contribution in [3.8, 4) is 0 Å². The second kappa shape index (κ2) is 6.23. The van der Waals surface area contributed by atoms with E-state index in [0.717, 1.165) is 18.5 Å². The minimum atomic E-state index is 0.0494. The molecule has 2 rings (SSSR count).